The zero-order chi connectivity index (χ0) is 11.4. The summed E-state index contributed by atoms with van der Waals surface area (Å²) >= 11 is 0. The Morgan fingerprint density at radius 1 is 1.27 bits per heavy atom. The molecule has 0 aromatic carbocycles. The highest BCUT2D eigenvalue weighted by molar-refractivity contribution is 6.67. The molecule has 1 heterocycles. The predicted molar refractivity (Wildman–Crippen MR) is 59.7 cm³/mol. The summed E-state index contributed by atoms with van der Waals surface area (Å²) in [6.07, 6.45) is 2.90. The molecular weight excluding hydrogens is 212 g/mol. The second-order valence-corrected chi connectivity index (χ2v) is 7.35. The lowest BCUT2D eigenvalue weighted by Gasteiger charge is -2.43. The standard InChI is InChI=1S/C10H22O4Si/c1-5-8-15(13-4)9-6-7-10(11-2,12-3)14-15/h5-9H2,1-4H3. The van der Waals surface area contributed by atoms with Crippen molar-refractivity contribution in [2.45, 2.75) is 44.2 Å². The molecule has 1 fully saturated rings. The topological polar surface area (TPSA) is 36.9 Å². The van der Waals surface area contributed by atoms with Crippen LogP contribution in [-0.2, 0) is 18.3 Å². The molecule has 1 aliphatic rings. The van der Waals surface area contributed by atoms with Crippen LogP contribution in [0, 0.1) is 0 Å². The van der Waals surface area contributed by atoms with Crippen molar-refractivity contribution >= 4 is 8.56 Å². The van der Waals surface area contributed by atoms with Gasteiger partial charge in [0, 0.05) is 27.8 Å². The van der Waals surface area contributed by atoms with E-state index in [1.54, 1.807) is 21.3 Å². The molecule has 0 bridgehead atoms. The van der Waals surface area contributed by atoms with Crippen LogP contribution >= 0.6 is 0 Å². The Labute approximate surface area is 93.1 Å². The minimum Gasteiger partial charge on any atom is -0.397 e. The normalized spacial score (nSPS) is 30.4. The minimum atomic E-state index is -2.08. The molecule has 1 saturated heterocycles. The van der Waals surface area contributed by atoms with Crippen LogP contribution < -0.4 is 0 Å². The van der Waals surface area contributed by atoms with Crippen molar-refractivity contribution in [1.82, 2.24) is 0 Å². The Morgan fingerprint density at radius 3 is 2.40 bits per heavy atom. The lowest BCUT2D eigenvalue weighted by atomic mass is 10.3. The molecule has 4 nitrogen and oxygen atoms in total. The first-order valence-electron chi connectivity index (χ1n) is 5.51. The van der Waals surface area contributed by atoms with Crippen molar-refractivity contribution in [3.05, 3.63) is 0 Å². The van der Waals surface area contributed by atoms with Crippen molar-refractivity contribution in [1.29, 1.82) is 0 Å². The highest BCUT2D eigenvalue weighted by atomic mass is 28.4. The van der Waals surface area contributed by atoms with Crippen LogP contribution in [0.1, 0.15) is 26.2 Å². The number of methoxy groups -OCH3 is 2. The summed E-state index contributed by atoms with van der Waals surface area (Å²) in [7, 11) is 2.90. The monoisotopic (exact) mass is 234 g/mol. The van der Waals surface area contributed by atoms with Crippen LogP contribution in [0.25, 0.3) is 0 Å². The van der Waals surface area contributed by atoms with Gasteiger partial charge < -0.3 is 18.3 Å². The maximum absolute atomic E-state index is 6.02. The van der Waals surface area contributed by atoms with Crippen molar-refractivity contribution in [2.75, 3.05) is 21.3 Å². The van der Waals surface area contributed by atoms with E-state index in [1.165, 1.54) is 0 Å². The van der Waals surface area contributed by atoms with Crippen molar-refractivity contribution in [2.24, 2.45) is 0 Å². The highest BCUT2D eigenvalue weighted by Crippen LogP contribution is 2.37. The van der Waals surface area contributed by atoms with Gasteiger partial charge in [-0.1, -0.05) is 13.3 Å². The number of rotatable bonds is 5. The largest absolute Gasteiger partial charge is 0.397 e. The molecule has 15 heavy (non-hydrogen) atoms. The fraction of sp³-hybridized carbons (Fsp3) is 1.00. The number of ether oxygens (including phenoxy) is 2. The van der Waals surface area contributed by atoms with Crippen LogP contribution in [0.2, 0.25) is 12.1 Å². The second kappa shape index (κ2) is 5.40. The first-order chi connectivity index (χ1) is 7.16. The molecular formula is C10H22O4Si. The Morgan fingerprint density at radius 2 is 1.93 bits per heavy atom. The van der Waals surface area contributed by atoms with E-state index < -0.39 is 14.5 Å². The van der Waals surface area contributed by atoms with Gasteiger partial charge in [-0.05, 0) is 18.5 Å². The van der Waals surface area contributed by atoms with Gasteiger partial charge in [-0.25, -0.2) is 0 Å². The van der Waals surface area contributed by atoms with E-state index >= 15 is 0 Å². The van der Waals surface area contributed by atoms with Crippen LogP contribution in [0.15, 0.2) is 0 Å². The Kier molecular flexibility index (Phi) is 4.73. The first-order valence-corrected chi connectivity index (χ1v) is 7.74. The molecule has 90 valence electrons. The van der Waals surface area contributed by atoms with E-state index in [0.29, 0.717) is 0 Å². The molecule has 0 radical (unpaired) electrons. The first kappa shape index (κ1) is 13.1. The Balaban J connectivity index is 2.75. The highest BCUT2D eigenvalue weighted by Gasteiger charge is 2.49. The molecule has 0 amide bonds. The SMILES string of the molecule is CCC[Si]1(OC)CCCC(OC)(OC)O1. The Hall–Kier alpha value is 0.0569. The van der Waals surface area contributed by atoms with E-state index in [0.717, 1.165) is 31.4 Å². The van der Waals surface area contributed by atoms with Gasteiger partial charge in [0.05, 0.1) is 0 Å². The molecule has 1 unspecified atom stereocenters. The van der Waals surface area contributed by atoms with Gasteiger partial charge in [-0.2, -0.15) is 0 Å². The summed E-state index contributed by atoms with van der Waals surface area (Å²) in [6.45, 7) is 2.15. The number of hydrogen-bond acceptors (Lipinski definition) is 4. The fourth-order valence-electron chi connectivity index (χ4n) is 2.13. The van der Waals surface area contributed by atoms with E-state index in [1.807, 2.05) is 0 Å². The summed E-state index contributed by atoms with van der Waals surface area (Å²) in [5.41, 5.74) is 0. The molecule has 5 heteroatoms. The molecule has 0 spiro atoms. The molecule has 0 aromatic rings. The third-order valence-corrected chi connectivity index (χ3v) is 6.81. The van der Waals surface area contributed by atoms with Crippen molar-refractivity contribution in [3.8, 4) is 0 Å². The van der Waals surface area contributed by atoms with E-state index in [-0.39, 0.29) is 0 Å². The van der Waals surface area contributed by atoms with E-state index in [2.05, 4.69) is 6.92 Å². The molecule has 0 N–H and O–H groups in total. The summed E-state index contributed by atoms with van der Waals surface area (Å²) in [6, 6.07) is 2.03. The van der Waals surface area contributed by atoms with Gasteiger partial charge in [0.15, 0.2) is 0 Å². The third-order valence-electron chi connectivity index (χ3n) is 3.01. The summed E-state index contributed by atoms with van der Waals surface area (Å²) in [5.74, 6) is -0.865. The zero-order valence-electron chi connectivity index (χ0n) is 10.2. The van der Waals surface area contributed by atoms with Crippen LogP contribution in [0.5, 0.6) is 0 Å². The van der Waals surface area contributed by atoms with E-state index in [4.69, 9.17) is 18.3 Å². The minimum absolute atomic E-state index is 0.780. The lowest BCUT2D eigenvalue weighted by molar-refractivity contribution is -0.341. The van der Waals surface area contributed by atoms with Gasteiger partial charge >= 0.3 is 8.56 Å². The van der Waals surface area contributed by atoms with Crippen molar-refractivity contribution in [3.63, 3.8) is 0 Å². The molecule has 0 saturated carbocycles. The van der Waals surface area contributed by atoms with Gasteiger partial charge in [-0.15, -0.1) is 0 Å². The zero-order valence-corrected chi connectivity index (χ0v) is 11.2. The Bertz CT molecular complexity index is 192. The van der Waals surface area contributed by atoms with Crippen LogP contribution in [0.3, 0.4) is 0 Å². The fourth-order valence-corrected chi connectivity index (χ4v) is 5.39. The average molecular weight is 234 g/mol. The molecule has 1 atom stereocenters. The second-order valence-electron chi connectivity index (χ2n) is 3.91. The van der Waals surface area contributed by atoms with Gasteiger partial charge in [0.25, 0.3) is 5.97 Å². The lowest BCUT2D eigenvalue weighted by Crippen LogP contribution is -2.55. The smallest absolute Gasteiger partial charge is 0.342 e. The maximum Gasteiger partial charge on any atom is 0.342 e. The predicted octanol–water partition coefficient (Wildman–Crippen LogP) is 2.24. The summed E-state index contributed by atoms with van der Waals surface area (Å²) < 4.78 is 22.3. The van der Waals surface area contributed by atoms with Gasteiger partial charge in [0.1, 0.15) is 0 Å². The molecule has 0 aromatic heterocycles. The number of hydrogen-bond donors (Lipinski definition) is 0. The maximum atomic E-state index is 6.02. The summed E-state index contributed by atoms with van der Waals surface area (Å²) in [4.78, 5) is 0. The molecule has 1 aliphatic heterocycles. The third kappa shape index (κ3) is 2.79. The quantitative estimate of drug-likeness (QED) is 0.540. The van der Waals surface area contributed by atoms with E-state index in [9.17, 15) is 0 Å². The van der Waals surface area contributed by atoms with Crippen LogP contribution in [0.4, 0.5) is 0 Å². The average Bonchev–Trinajstić information content (AvgIpc) is 2.29. The van der Waals surface area contributed by atoms with Crippen molar-refractivity contribution < 1.29 is 18.3 Å². The molecule has 1 rings (SSSR count). The van der Waals surface area contributed by atoms with Gasteiger partial charge in [0.2, 0.25) is 0 Å². The molecule has 0 aliphatic carbocycles. The summed E-state index contributed by atoms with van der Waals surface area (Å²) in [5, 5.41) is 0. The van der Waals surface area contributed by atoms with Crippen LogP contribution in [-0.4, -0.2) is 35.9 Å². The van der Waals surface area contributed by atoms with Gasteiger partial charge in [-0.3, -0.25) is 0 Å².